The molecule has 0 aromatic carbocycles. The fraction of sp³-hybridized carbons (Fsp3) is 1.00. The molecule has 0 aromatic rings. The third-order valence-corrected chi connectivity index (χ3v) is 6.20. The Morgan fingerprint density at radius 2 is 1.90 bits per heavy atom. The third kappa shape index (κ3) is 1.81. The zero-order chi connectivity index (χ0) is 14.8. The molecule has 0 radical (unpaired) electrons. The maximum atomic E-state index is 9.15. The van der Waals surface area contributed by atoms with Gasteiger partial charge in [0.2, 0.25) is 5.79 Å². The second-order valence-corrected chi connectivity index (χ2v) is 7.38. The quantitative estimate of drug-likeness (QED) is 0.593. The predicted molar refractivity (Wildman–Crippen MR) is 70.5 cm³/mol. The summed E-state index contributed by atoms with van der Waals surface area (Å²) in [6.07, 6.45) is 2.71. The highest BCUT2D eigenvalue weighted by atomic mass is 17.3. The molecule has 1 saturated carbocycles. The Bertz CT molecular complexity index is 430. The van der Waals surface area contributed by atoms with Gasteiger partial charge >= 0.3 is 0 Å². The lowest BCUT2D eigenvalue weighted by atomic mass is 9.58. The van der Waals surface area contributed by atoms with Crippen molar-refractivity contribution < 1.29 is 29.4 Å². The Kier molecular flexibility index (Phi) is 3.17. The standard InChI is InChI=1S/C15H24O6/c1-8-4-5-11-9(2)12(19-16)17-13-15(11)10(8)6-7-14(3,18-13)20-21-15/h8-13,16H,4-7H2,1-3H3/t8-,9?,10+,11?,12?,13-,14-,15-/m1/s1. The number of hydrogen-bond acceptors (Lipinski definition) is 6. The number of fused-ring (bicyclic) bond motifs is 2. The van der Waals surface area contributed by atoms with Gasteiger partial charge in [0.1, 0.15) is 0 Å². The average molecular weight is 300 g/mol. The minimum Gasteiger partial charge on any atom is -0.317 e. The molecule has 5 rings (SSSR count). The second kappa shape index (κ2) is 4.63. The van der Waals surface area contributed by atoms with E-state index in [-0.39, 0.29) is 11.8 Å². The van der Waals surface area contributed by atoms with E-state index in [4.69, 9.17) is 24.5 Å². The third-order valence-electron chi connectivity index (χ3n) is 6.20. The van der Waals surface area contributed by atoms with Gasteiger partial charge in [0.15, 0.2) is 18.2 Å². The smallest absolute Gasteiger partial charge is 0.201 e. The van der Waals surface area contributed by atoms with Crippen molar-refractivity contribution in [3.05, 3.63) is 0 Å². The van der Waals surface area contributed by atoms with E-state index in [1.165, 1.54) is 0 Å². The lowest BCUT2D eigenvalue weighted by Crippen LogP contribution is -2.70. The average Bonchev–Trinajstić information content (AvgIpc) is 2.69. The molecule has 120 valence electrons. The molecular formula is C15H24O6. The first-order valence-corrected chi connectivity index (χ1v) is 8.00. The molecule has 6 heteroatoms. The number of hydrogen-bond donors (Lipinski definition) is 1. The molecule has 0 amide bonds. The normalized spacial score (nSPS) is 59.4. The lowest BCUT2D eigenvalue weighted by molar-refractivity contribution is -0.584. The molecule has 6 nitrogen and oxygen atoms in total. The SMILES string of the molecule is CC1C(OO)O[C@@H]2O[C@@]3(C)CC[C@H]4[C@H](C)CCC1[C@@]24OO3. The molecule has 4 aliphatic heterocycles. The molecule has 1 aliphatic carbocycles. The molecule has 1 spiro atoms. The van der Waals surface area contributed by atoms with Crippen LogP contribution >= 0.6 is 0 Å². The van der Waals surface area contributed by atoms with Crippen LogP contribution in [0.5, 0.6) is 0 Å². The molecule has 1 N–H and O–H groups in total. The lowest BCUT2D eigenvalue weighted by Gasteiger charge is -2.59. The van der Waals surface area contributed by atoms with Crippen LogP contribution in [0.3, 0.4) is 0 Å². The molecule has 2 bridgehead atoms. The van der Waals surface area contributed by atoms with Crippen molar-refractivity contribution in [2.75, 3.05) is 0 Å². The maximum absolute atomic E-state index is 9.15. The van der Waals surface area contributed by atoms with Gasteiger partial charge in [-0.3, -0.25) is 0 Å². The van der Waals surface area contributed by atoms with Gasteiger partial charge in [0, 0.05) is 18.3 Å². The number of ether oxygens (including phenoxy) is 2. The van der Waals surface area contributed by atoms with E-state index in [0.717, 1.165) is 25.7 Å². The van der Waals surface area contributed by atoms with Gasteiger partial charge in [-0.05, 0) is 38.0 Å². The van der Waals surface area contributed by atoms with Crippen molar-refractivity contribution in [1.29, 1.82) is 0 Å². The Balaban J connectivity index is 1.79. The highest BCUT2D eigenvalue weighted by molar-refractivity contribution is 5.08. The molecule has 8 atom stereocenters. The highest BCUT2D eigenvalue weighted by Gasteiger charge is 2.69. The van der Waals surface area contributed by atoms with Crippen LogP contribution in [-0.4, -0.2) is 29.2 Å². The van der Waals surface area contributed by atoms with Crippen molar-refractivity contribution in [1.82, 2.24) is 0 Å². The molecule has 4 heterocycles. The summed E-state index contributed by atoms with van der Waals surface area (Å²) in [6, 6.07) is 0. The van der Waals surface area contributed by atoms with Crippen LogP contribution in [0.25, 0.3) is 0 Å². The molecule has 5 aliphatic rings. The molecule has 3 unspecified atom stereocenters. The van der Waals surface area contributed by atoms with Crippen LogP contribution in [0.2, 0.25) is 0 Å². The first kappa shape index (κ1) is 14.4. The Morgan fingerprint density at radius 1 is 1.10 bits per heavy atom. The van der Waals surface area contributed by atoms with E-state index >= 15 is 0 Å². The van der Waals surface area contributed by atoms with Crippen LogP contribution < -0.4 is 0 Å². The van der Waals surface area contributed by atoms with E-state index in [9.17, 15) is 0 Å². The highest BCUT2D eigenvalue weighted by Crippen LogP contribution is 2.60. The first-order valence-electron chi connectivity index (χ1n) is 8.00. The van der Waals surface area contributed by atoms with Crippen LogP contribution in [0.4, 0.5) is 0 Å². The summed E-state index contributed by atoms with van der Waals surface area (Å²) < 4.78 is 12.0. The molecular weight excluding hydrogens is 276 g/mol. The van der Waals surface area contributed by atoms with Gasteiger partial charge in [0.25, 0.3) is 0 Å². The summed E-state index contributed by atoms with van der Waals surface area (Å²) in [6.45, 7) is 6.19. The van der Waals surface area contributed by atoms with Crippen molar-refractivity contribution in [2.45, 2.75) is 70.4 Å². The Hall–Kier alpha value is -0.240. The first-order chi connectivity index (χ1) is 10.00. The summed E-state index contributed by atoms with van der Waals surface area (Å²) in [4.78, 5) is 16.2. The minimum absolute atomic E-state index is 0.0240. The largest absolute Gasteiger partial charge is 0.317 e. The summed E-state index contributed by atoms with van der Waals surface area (Å²) in [5.41, 5.74) is -0.581. The summed E-state index contributed by atoms with van der Waals surface area (Å²) in [5, 5.41) is 9.15. The topological polar surface area (TPSA) is 66.4 Å². The van der Waals surface area contributed by atoms with Gasteiger partial charge in [-0.25, -0.2) is 19.9 Å². The van der Waals surface area contributed by atoms with Crippen LogP contribution in [0.1, 0.15) is 46.5 Å². The monoisotopic (exact) mass is 300 g/mol. The zero-order valence-corrected chi connectivity index (χ0v) is 12.8. The zero-order valence-electron chi connectivity index (χ0n) is 12.8. The van der Waals surface area contributed by atoms with Crippen LogP contribution in [-0.2, 0) is 24.1 Å². The Morgan fingerprint density at radius 3 is 2.67 bits per heavy atom. The van der Waals surface area contributed by atoms with E-state index < -0.39 is 24.0 Å². The minimum atomic E-state index is -0.780. The van der Waals surface area contributed by atoms with Crippen molar-refractivity contribution in [2.24, 2.45) is 23.7 Å². The van der Waals surface area contributed by atoms with E-state index in [1.807, 2.05) is 13.8 Å². The Labute approximate surface area is 124 Å². The van der Waals surface area contributed by atoms with Gasteiger partial charge in [-0.1, -0.05) is 13.8 Å². The van der Waals surface area contributed by atoms with Gasteiger partial charge in [-0.2, -0.15) is 0 Å². The van der Waals surface area contributed by atoms with Gasteiger partial charge in [0.05, 0.1) is 0 Å². The maximum Gasteiger partial charge on any atom is 0.201 e. The van der Waals surface area contributed by atoms with Gasteiger partial charge in [-0.15, -0.1) is 0 Å². The summed E-state index contributed by atoms with van der Waals surface area (Å²) in [5.74, 6) is 0.317. The van der Waals surface area contributed by atoms with Gasteiger partial charge < -0.3 is 9.47 Å². The van der Waals surface area contributed by atoms with Crippen molar-refractivity contribution >= 4 is 0 Å². The van der Waals surface area contributed by atoms with Crippen molar-refractivity contribution in [3.8, 4) is 0 Å². The fourth-order valence-electron chi connectivity index (χ4n) is 4.99. The molecule has 0 aromatic heterocycles. The fourth-order valence-corrected chi connectivity index (χ4v) is 4.99. The molecule has 4 saturated heterocycles. The van der Waals surface area contributed by atoms with E-state index in [0.29, 0.717) is 11.8 Å². The molecule has 21 heavy (non-hydrogen) atoms. The number of rotatable bonds is 1. The van der Waals surface area contributed by atoms with E-state index in [2.05, 4.69) is 11.8 Å². The van der Waals surface area contributed by atoms with Crippen LogP contribution in [0.15, 0.2) is 0 Å². The van der Waals surface area contributed by atoms with Crippen LogP contribution in [0, 0.1) is 23.7 Å². The van der Waals surface area contributed by atoms with Crippen molar-refractivity contribution in [3.63, 3.8) is 0 Å². The summed E-state index contributed by atoms with van der Waals surface area (Å²) in [7, 11) is 0. The predicted octanol–water partition coefficient (Wildman–Crippen LogP) is 2.68. The second-order valence-electron chi connectivity index (χ2n) is 7.38. The summed E-state index contributed by atoms with van der Waals surface area (Å²) >= 11 is 0. The molecule has 5 fully saturated rings. The van der Waals surface area contributed by atoms with E-state index in [1.54, 1.807) is 0 Å².